The maximum atomic E-state index is 9.89. The van der Waals surface area contributed by atoms with Crippen LogP contribution < -0.4 is 0 Å². The van der Waals surface area contributed by atoms with Gasteiger partial charge in [-0.05, 0) is 39.6 Å². The lowest BCUT2D eigenvalue weighted by atomic mass is 9.98. The highest BCUT2D eigenvalue weighted by Crippen LogP contribution is 2.31. The third-order valence-electron chi connectivity index (χ3n) is 6.52. The lowest BCUT2D eigenvalue weighted by molar-refractivity contribution is 0.0784. The van der Waals surface area contributed by atoms with Crippen LogP contribution in [0, 0.1) is 0 Å². The van der Waals surface area contributed by atoms with Crippen LogP contribution in [0.15, 0.2) is 48.5 Å². The van der Waals surface area contributed by atoms with Crippen molar-refractivity contribution < 1.29 is 9.84 Å². The van der Waals surface area contributed by atoms with E-state index in [4.69, 9.17) is 16.3 Å². The van der Waals surface area contributed by atoms with E-state index in [9.17, 15) is 5.11 Å². The van der Waals surface area contributed by atoms with Crippen molar-refractivity contribution in [2.75, 3.05) is 6.61 Å². The minimum atomic E-state index is -1.16. The van der Waals surface area contributed by atoms with E-state index in [1.807, 2.05) is 22.8 Å². The van der Waals surface area contributed by atoms with Crippen LogP contribution in [0.5, 0.6) is 0 Å². The number of imidazole rings is 1. The Bertz CT molecular complexity index is 1330. The largest absolute Gasteiger partial charge is 0.390 e. The van der Waals surface area contributed by atoms with E-state index in [0.717, 1.165) is 53.4 Å². The van der Waals surface area contributed by atoms with E-state index in [-0.39, 0.29) is 6.61 Å². The van der Waals surface area contributed by atoms with E-state index >= 15 is 0 Å². The number of unbranched alkanes of at least 4 members (excludes halogenated alkanes) is 1. The van der Waals surface area contributed by atoms with Gasteiger partial charge in [-0.3, -0.25) is 0 Å². The number of aromatic nitrogens is 6. The molecule has 0 aliphatic carbocycles. The summed E-state index contributed by atoms with van der Waals surface area (Å²) < 4.78 is 9.66. The second-order valence-electron chi connectivity index (χ2n) is 10.7. The first kappa shape index (κ1) is 28.2. The molecule has 1 N–H and O–H groups in total. The quantitative estimate of drug-likeness (QED) is 0.160. The molecule has 202 valence electrons. The predicted molar refractivity (Wildman–Crippen MR) is 154 cm³/mol. The summed E-state index contributed by atoms with van der Waals surface area (Å²) in [5, 5.41) is 22.7. The first-order chi connectivity index (χ1) is 18.3. The minimum Gasteiger partial charge on any atom is -0.390 e. The van der Waals surface area contributed by atoms with E-state index in [1.165, 1.54) is 0 Å². The van der Waals surface area contributed by atoms with Crippen LogP contribution in [0.3, 0.4) is 0 Å². The summed E-state index contributed by atoms with van der Waals surface area (Å²) in [5.41, 5.74) is 4.82. The normalized spacial score (nSPS) is 11.8. The summed E-state index contributed by atoms with van der Waals surface area (Å²) in [7, 11) is -1.16. The number of rotatable bonds is 13. The topological polar surface area (TPSA) is 90.9 Å². The Hall–Kier alpha value is -2.85. The Morgan fingerprint density at radius 3 is 2.45 bits per heavy atom. The van der Waals surface area contributed by atoms with Crippen molar-refractivity contribution in [3.63, 3.8) is 0 Å². The minimum absolute atomic E-state index is 0.139. The zero-order chi connectivity index (χ0) is 27.1. The smallest absolute Gasteiger partial charge is 0.185 e. The zero-order valence-corrected chi connectivity index (χ0v) is 24.4. The maximum absolute atomic E-state index is 9.89. The highest BCUT2D eigenvalue weighted by molar-refractivity contribution is 6.76. The van der Waals surface area contributed by atoms with Crippen molar-refractivity contribution in [3.8, 4) is 22.5 Å². The zero-order valence-electron chi connectivity index (χ0n) is 22.7. The average molecular weight is 553 g/mol. The average Bonchev–Trinajstić information content (AvgIpc) is 3.48. The number of nitrogens with zero attached hydrogens (tertiary/aromatic N) is 6. The monoisotopic (exact) mass is 552 g/mol. The molecule has 0 saturated heterocycles. The molecule has 4 rings (SSSR count). The third kappa shape index (κ3) is 6.96. The molecule has 0 unspecified atom stereocenters. The molecule has 0 bridgehead atoms. The van der Waals surface area contributed by atoms with Gasteiger partial charge in [0.15, 0.2) is 11.0 Å². The molecular weight excluding hydrogens is 516 g/mol. The van der Waals surface area contributed by atoms with Crippen LogP contribution in [0.2, 0.25) is 30.8 Å². The van der Waals surface area contributed by atoms with Crippen LogP contribution in [0.4, 0.5) is 0 Å². The van der Waals surface area contributed by atoms with Gasteiger partial charge in [0.2, 0.25) is 0 Å². The highest BCUT2D eigenvalue weighted by atomic mass is 35.5. The molecule has 2 aromatic heterocycles. The molecule has 0 atom stereocenters. The number of aliphatic hydroxyl groups excluding tert-OH is 1. The van der Waals surface area contributed by atoms with Gasteiger partial charge in [0.05, 0.1) is 12.3 Å². The number of aliphatic hydroxyl groups is 1. The third-order valence-corrected chi connectivity index (χ3v) is 8.53. The predicted octanol–water partition coefficient (Wildman–Crippen LogP) is 6.05. The fourth-order valence-corrected chi connectivity index (χ4v) is 5.30. The number of tetrazole rings is 1. The molecule has 0 radical (unpaired) electrons. The van der Waals surface area contributed by atoms with E-state index < -0.39 is 8.07 Å². The summed E-state index contributed by atoms with van der Waals surface area (Å²) in [5.74, 6) is 1.59. The van der Waals surface area contributed by atoms with Crippen LogP contribution in [0.25, 0.3) is 22.5 Å². The Kier molecular flexibility index (Phi) is 9.48. The number of hydrogen-bond acceptors (Lipinski definition) is 6. The van der Waals surface area contributed by atoms with Gasteiger partial charge in [0.25, 0.3) is 0 Å². The summed E-state index contributed by atoms with van der Waals surface area (Å²) in [6, 6.07) is 17.7. The van der Waals surface area contributed by atoms with Gasteiger partial charge in [-0.2, -0.15) is 4.68 Å². The number of hydrogen-bond donors (Lipinski definition) is 1. The molecule has 2 heterocycles. The molecule has 0 aliphatic rings. The molecule has 4 aromatic rings. The molecule has 10 heteroatoms. The summed E-state index contributed by atoms with van der Waals surface area (Å²) >= 11 is 6.32. The number of benzene rings is 2. The molecule has 0 spiro atoms. The summed E-state index contributed by atoms with van der Waals surface area (Å²) in [6.45, 7) is 10.6. The van der Waals surface area contributed by atoms with Crippen molar-refractivity contribution in [2.24, 2.45) is 0 Å². The summed E-state index contributed by atoms with van der Waals surface area (Å²) in [6.07, 6.45) is 2.93. The fraction of sp³-hybridized carbons (Fsp3) is 0.429. The van der Waals surface area contributed by atoms with Crippen LogP contribution in [0.1, 0.15) is 36.8 Å². The van der Waals surface area contributed by atoms with Gasteiger partial charge < -0.3 is 14.4 Å². The lowest BCUT2D eigenvalue weighted by Crippen LogP contribution is -2.22. The summed E-state index contributed by atoms with van der Waals surface area (Å²) in [4.78, 5) is 4.51. The Morgan fingerprint density at radius 2 is 1.76 bits per heavy atom. The Labute approximate surface area is 230 Å². The Balaban J connectivity index is 1.54. The van der Waals surface area contributed by atoms with Gasteiger partial charge in [-0.15, -0.1) is 5.10 Å². The van der Waals surface area contributed by atoms with E-state index in [1.54, 1.807) is 4.68 Å². The lowest BCUT2D eigenvalue weighted by Gasteiger charge is -2.16. The molecule has 2 aromatic carbocycles. The van der Waals surface area contributed by atoms with Gasteiger partial charge in [0.1, 0.15) is 12.6 Å². The van der Waals surface area contributed by atoms with Gasteiger partial charge in [-0.25, -0.2) is 4.98 Å². The number of ether oxygens (including phenoxy) is 1. The molecule has 0 aliphatic heterocycles. The number of aryl methyl sites for hydroxylation is 1. The SMILES string of the molecule is CCCCc1nc(Cl)c(CO)n1Cc1ccc(-c2ccccc2-c2nnnn2COCC[Si](C)(C)C)cc1. The molecule has 0 fully saturated rings. The molecule has 0 amide bonds. The van der Waals surface area contributed by atoms with Crippen molar-refractivity contribution in [1.29, 1.82) is 0 Å². The molecule has 8 nitrogen and oxygen atoms in total. The van der Waals surface area contributed by atoms with Crippen molar-refractivity contribution >= 4 is 19.7 Å². The first-order valence-corrected chi connectivity index (χ1v) is 17.3. The second-order valence-corrected chi connectivity index (χ2v) is 16.7. The molecule has 38 heavy (non-hydrogen) atoms. The van der Waals surface area contributed by atoms with Crippen molar-refractivity contribution in [2.45, 2.75) is 71.8 Å². The molecular formula is C28H37ClN6O2Si. The van der Waals surface area contributed by atoms with Crippen LogP contribution >= 0.6 is 11.6 Å². The van der Waals surface area contributed by atoms with Crippen LogP contribution in [-0.2, 0) is 31.0 Å². The van der Waals surface area contributed by atoms with Crippen molar-refractivity contribution in [1.82, 2.24) is 29.8 Å². The van der Waals surface area contributed by atoms with Gasteiger partial charge in [-0.1, -0.05) is 93.1 Å². The highest BCUT2D eigenvalue weighted by Gasteiger charge is 2.17. The number of halogens is 1. The molecule has 0 saturated carbocycles. The van der Waals surface area contributed by atoms with Gasteiger partial charge in [0, 0.05) is 33.2 Å². The van der Waals surface area contributed by atoms with Crippen molar-refractivity contribution in [3.05, 3.63) is 70.8 Å². The van der Waals surface area contributed by atoms with Crippen LogP contribution in [-0.4, -0.2) is 49.5 Å². The first-order valence-electron chi connectivity index (χ1n) is 13.2. The van der Waals surface area contributed by atoms with Gasteiger partial charge >= 0.3 is 0 Å². The fourth-order valence-electron chi connectivity index (χ4n) is 4.28. The maximum Gasteiger partial charge on any atom is 0.185 e. The van der Waals surface area contributed by atoms with E-state index in [2.05, 4.69) is 77.4 Å². The van der Waals surface area contributed by atoms with E-state index in [0.29, 0.717) is 36.6 Å². The standard InChI is InChI=1S/C28H37ClN6O2Si/c1-5-6-11-26-30-27(29)25(19-36)34(26)18-21-12-14-22(15-13-21)23-9-7-8-10-24(23)28-31-32-33-35(28)20-37-16-17-38(2,3)4/h7-10,12-15,36H,5-6,11,16-20H2,1-4H3. The second kappa shape index (κ2) is 12.8. The Morgan fingerprint density at radius 1 is 1.03 bits per heavy atom.